The molecule has 0 unspecified atom stereocenters. The Balaban J connectivity index is 1.91. The van der Waals surface area contributed by atoms with E-state index in [2.05, 4.69) is 20.3 Å². The van der Waals surface area contributed by atoms with Gasteiger partial charge in [-0.1, -0.05) is 11.6 Å². The Morgan fingerprint density at radius 2 is 2.08 bits per heavy atom. The van der Waals surface area contributed by atoms with Crippen molar-refractivity contribution in [1.82, 2.24) is 20.3 Å². The van der Waals surface area contributed by atoms with Gasteiger partial charge in [-0.3, -0.25) is 9.78 Å². The minimum Gasteiger partial charge on any atom is -0.475 e. The summed E-state index contributed by atoms with van der Waals surface area (Å²) in [6, 6.07) is -0.655. The van der Waals surface area contributed by atoms with Crippen LogP contribution in [0.15, 0.2) is 4.79 Å². The molecule has 0 aromatic carbocycles. The Hall–Kier alpha value is -1.58. The van der Waals surface area contributed by atoms with Crippen molar-refractivity contribution in [1.29, 1.82) is 0 Å². The highest BCUT2D eigenvalue weighted by molar-refractivity contribution is 6.30. The largest absolute Gasteiger partial charge is 0.475 e. The van der Waals surface area contributed by atoms with Gasteiger partial charge in [0.1, 0.15) is 17.5 Å². The Bertz CT molecular complexity index is 862. The molecule has 1 fully saturated rings. The van der Waals surface area contributed by atoms with Gasteiger partial charge in [-0.2, -0.15) is 4.98 Å². The number of pyridine rings is 1. The van der Waals surface area contributed by atoms with Gasteiger partial charge in [0.2, 0.25) is 17.1 Å². The first-order valence-corrected chi connectivity index (χ1v) is 8.21. The lowest BCUT2D eigenvalue weighted by Crippen LogP contribution is -2.37. The number of fused-ring (bicyclic) bond motifs is 1. The number of nitrogens with one attached hydrogen (secondary N) is 2. The first-order valence-electron chi connectivity index (χ1n) is 7.45. The molecule has 0 saturated carbocycles. The Morgan fingerprint density at radius 3 is 2.84 bits per heavy atom. The van der Waals surface area contributed by atoms with E-state index in [0.717, 1.165) is 0 Å². The fraction of sp³-hybridized carbons (Fsp3) is 0.500. The molecule has 2 aromatic rings. The molecule has 0 aliphatic carbocycles. The molecule has 2 N–H and O–H groups in total. The summed E-state index contributed by atoms with van der Waals surface area (Å²) in [4.78, 5) is 21.6. The Morgan fingerprint density at radius 1 is 1.32 bits per heavy atom. The van der Waals surface area contributed by atoms with Crippen molar-refractivity contribution in [3.63, 3.8) is 0 Å². The number of aromatic amines is 1. The van der Waals surface area contributed by atoms with E-state index in [9.17, 15) is 18.0 Å². The number of halogens is 5. The van der Waals surface area contributed by atoms with Crippen molar-refractivity contribution >= 4 is 34.1 Å². The van der Waals surface area contributed by atoms with Gasteiger partial charge in [0.25, 0.3) is 5.56 Å². The molecule has 136 valence electrons. The lowest BCUT2D eigenvalue weighted by atomic mass is 10.1. The zero-order valence-electron chi connectivity index (χ0n) is 12.7. The lowest BCUT2D eigenvalue weighted by molar-refractivity contribution is -0.0218. The highest BCUT2D eigenvalue weighted by atomic mass is 35.5. The van der Waals surface area contributed by atoms with E-state index in [4.69, 9.17) is 27.9 Å². The van der Waals surface area contributed by atoms with E-state index in [1.54, 1.807) is 0 Å². The van der Waals surface area contributed by atoms with Gasteiger partial charge in [-0.15, -0.1) is 0 Å². The van der Waals surface area contributed by atoms with E-state index >= 15 is 0 Å². The van der Waals surface area contributed by atoms with Gasteiger partial charge in [-0.25, -0.2) is 18.2 Å². The molecule has 25 heavy (non-hydrogen) atoms. The summed E-state index contributed by atoms with van der Waals surface area (Å²) < 4.78 is 46.8. The summed E-state index contributed by atoms with van der Waals surface area (Å²) in [5, 5.41) is 1.77. The van der Waals surface area contributed by atoms with E-state index < -0.39 is 40.4 Å². The Labute approximate surface area is 149 Å². The highest BCUT2D eigenvalue weighted by Crippen LogP contribution is 2.30. The average Bonchev–Trinajstić information content (AvgIpc) is 2.69. The molecule has 6 nitrogen and oxygen atoms in total. The van der Waals surface area contributed by atoms with Crippen molar-refractivity contribution in [3.8, 4) is 5.88 Å². The second-order valence-electron chi connectivity index (χ2n) is 5.73. The van der Waals surface area contributed by atoms with Crippen molar-refractivity contribution < 1.29 is 17.9 Å². The van der Waals surface area contributed by atoms with Gasteiger partial charge in [0.15, 0.2) is 11.0 Å². The molecule has 3 rings (SSSR count). The maximum atomic E-state index is 14.1. The van der Waals surface area contributed by atoms with E-state index in [1.807, 2.05) is 0 Å². The summed E-state index contributed by atoms with van der Waals surface area (Å²) in [7, 11) is 0. The van der Waals surface area contributed by atoms with Crippen molar-refractivity contribution in [2.45, 2.75) is 31.2 Å². The predicted molar refractivity (Wildman–Crippen MR) is 86.2 cm³/mol. The zero-order valence-corrected chi connectivity index (χ0v) is 14.2. The van der Waals surface area contributed by atoms with Gasteiger partial charge in [0.05, 0.1) is 0 Å². The van der Waals surface area contributed by atoms with E-state index in [-0.39, 0.29) is 29.6 Å². The van der Waals surface area contributed by atoms with Crippen LogP contribution in [0, 0.1) is 5.82 Å². The molecule has 1 aliphatic heterocycles. The molecule has 0 radical (unpaired) electrons. The van der Waals surface area contributed by atoms with Gasteiger partial charge >= 0.3 is 0 Å². The maximum absolute atomic E-state index is 14.1. The van der Waals surface area contributed by atoms with Crippen LogP contribution in [0.4, 0.5) is 13.2 Å². The standard InChI is InChI=1S/C14H13Cl2F3N4O2/c15-10-8(17)9-7(11(24)23-13(16)21-9)12(22-10)25-5-6-4-14(18,19)2-1-3-20-6/h6,20H,1-5H2,(H,21,23,24)/t6-/m0/s1. The van der Waals surface area contributed by atoms with Crippen LogP contribution in [0.25, 0.3) is 10.9 Å². The van der Waals surface area contributed by atoms with Crippen molar-refractivity contribution in [2.75, 3.05) is 13.2 Å². The fourth-order valence-corrected chi connectivity index (χ4v) is 3.02. The lowest BCUT2D eigenvalue weighted by Gasteiger charge is -2.20. The number of ether oxygens (including phenoxy) is 1. The van der Waals surface area contributed by atoms with Crippen LogP contribution in [0.5, 0.6) is 5.88 Å². The molecule has 0 bridgehead atoms. The molecular weight excluding hydrogens is 384 g/mol. The monoisotopic (exact) mass is 396 g/mol. The minimum atomic E-state index is -2.81. The minimum absolute atomic E-state index is 0.193. The number of rotatable bonds is 3. The SMILES string of the molecule is O=c1[nH]c(Cl)nc2c(F)c(Cl)nc(OC[C@@H]3CC(F)(F)CCCN3)c12. The van der Waals surface area contributed by atoms with Crippen molar-refractivity contribution in [2.24, 2.45) is 0 Å². The van der Waals surface area contributed by atoms with Gasteiger partial charge < -0.3 is 10.1 Å². The number of hydrogen-bond acceptors (Lipinski definition) is 5. The molecule has 11 heteroatoms. The number of alkyl halides is 2. The first kappa shape index (κ1) is 18.2. The summed E-state index contributed by atoms with van der Waals surface area (Å²) in [5.41, 5.74) is -1.17. The van der Waals surface area contributed by atoms with E-state index in [0.29, 0.717) is 13.0 Å². The maximum Gasteiger partial charge on any atom is 0.265 e. The number of aromatic nitrogens is 3. The summed E-state index contributed by atoms with van der Waals surface area (Å²) in [5.74, 6) is -4.11. The summed E-state index contributed by atoms with van der Waals surface area (Å²) in [6.07, 6.45) is -0.280. The van der Waals surface area contributed by atoms with E-state index in [1.165, 1.54) is 0 Å². The van der Waals surface area contributed by atoms with Crippen LogP contribution < -0.4 is 15.6 Å². The topological polar surface area (TPSA) is 79.9 Å². The average molecular weight is 397 g/mol. The third kappa shape index (κ3) is 3.99. The summed E-state index contributed by atoms with van der Waals surface area (Å²) in [6.45, 7) is 0.224. The molecule has 3 heterocycles. The molecule has 1 saturated heterocycles. The normalized spacial score (nSPS) is 20.4. The number of nitrogens with zero attached hydrogens (tertiary/aromatic N) is 2. The number of hydrogen-bond donors (Lipinski definition) is 2. The van der Waals surface area contributed by atoms with Crippen LogP contribution in [0.3, 0.4) is 0 Å². The third-order valence-electron chi connectivity index (χ3n) is 3.81. The number of H-pyrrole nitrogens is 1. The van der Waals surface area contributed by atoms with Gasteiger partial charge in [0, 0.05) is 18.9 Å². The molecule has 1 aliphatic rings. The molecule has 0 amide bonds. The predicted octanol–water partition coefficient (Wildman–Crippen LogP) is 2.92. The van der Waals surface area contributed by atoms with Gasteiger partial charge in [-0.05, 0) is 24.6 Å². The van der Waals surface area contributed by atoms with Crippen LogP contribution >= 0.6 is 23.2 Å². The zero-order chi connectivity index (χ0) is 18.2. The molecular formula is C14H13Cl2F3N4O2. The van der Waals surface area contributed by atoms with Crippen LogP contribution in [0.1, 0.15) is 19.3 Å². The highest BCUT2D eigenvalue weighted by Gasteiger charge is 2.34. The molecule has 0 spiro atoms. The van der Waals surface area contributed by atoms with Crippen LogP contribution in [-0.2, 0) is 0 Å². The van der Waals surface area contributed by atoms with Crippen molar-refractivity contribution in [3.05, 3.63) is 26.6 Å². The van der Waals surface area contributed by atoms with Crippen LogP contribution in [0.2, 0.25) is 10.4 Å². The molecule has 2 aromatic heterocycles. The second-order valence-corrected chi connectivity index (χ2v) is 6.44. The first-order chi connectivity index (χ1) is 11.8. The summed E-state index contributed by atoms with van der Waals surface area (Å²) >= 11 is 11.3. The molecule has 1 atom stereocenters. The third-order valence-corrected chi connectivity index (χ3v) is 4.24. The fourth-order valence-electron chi connectivity index (χ4n) is 2.68. The quantitative estimate of drug-likeness (QED) is 0.615. The second kappa shape index (κ2) is 6.97. The smallest absolute Gasteiger partial charge is 0.265 e. The van der Waals surface area contributed by atoms with Crippen LogP contribution in [-0.4, -0.2) is 40.1 Å². The Kier molecular flexibility index (Phi) is 5.08.